The van der Waals surface area contributed by atoms with Crippen molar-refractivity contribution in [2.24, 2.45) is 0 Å². The zero-order chi connectivity index (χ0) is 23.5. The summed E-state index contributed by atoms with van der Waals surface area (Å²) in [6, 6.07) is 15.7. The number of nitrogens with one attached hydrogen (secondary N) is 1. The number of aromatic amines is 1. The van der Waals surface area contributed by atoms with Crippen molar-refractivity contribution in [3.05, 3.63) is 74.7 Å². The number of aromatic nitrogens is 2. The molecule has 2 fully saturated rings. The van der Waals surface area contributed by atoms with E-state index in [9.17, 15) is 4.79 Å². The summed E-state index contributed by atoms with van der Waals surface area (Å²) in [6.07, 6.45) is 8.46. The van der Waals surface area contributed by atoms with Gasteiger partial charge in [-0.1, -0.05) is 56.0 Å². The molecule has 2 heterocycles. The first kappa shape index (κ1) is 23.5. The van der Waals surface area contributed by atoms with Crippen LogP contribution in [0, 0.1) is 0 Å². The van der Waals surface area contributed by atoms with Gasteiger partial charge in [0, 0.05) is 43.3 Å². The van der Waals surface area contributed by atoms with E-state index < -0.39 is 0 Å². The van der Waals surface area contributed by atoms with Crippen molar-refractivity contribution in [3.8, 4) is 0 Å². The average molecular weight is 479 g/mol. The minimum atomic E-state index is -0.0855. The fraction of sp³-hybridized carbons (Fsp3) is 0.500. The largest absolute Gasteiger partial charge is 0.319 e. The number of halogens is 1. The van der Waals surface area contributed by atoms with Crippen LogP contribution in [-0.2, 0) is 12.8 Å². The molecule has 0 bridgehead atoms. The highest BCUT2D eigenvalue weighted by atomic mass is 35.5. The molecule has 2 aromatic carbocycles. The molecule has 1 saturated heterocycles. The second-order valence-electron chi connectivity index (χ2n) is 9.85. The Bertz CT molecular complexity index is 1160. The quantitative estimate of drug-likeness (QED) is 0.517. The lowest BCUT2D eigenvalue weighted by atomic mass is 9.93. The summed E-state index contributed by atoms with van der Waals surface area (Å²) in [5.41, 5.74) is 4.72. The monoisotopic (exact) mass is 478 g/mol. The normalized spacial score (nSPS) is 19.5. The van der Waals surface area contributed by atoms with E-state index in [1.165, 1.54) is 43.2 Å². The third-order valence-corrected chi connectivity index (χ3v) is 7.98. The van der Waals surface area contributed by atoms with Gasteiger partial charge in [0.05, 0.1) is 11.0 Å². The Hall–Kier alpha value is -2.21. The standard InChI is InChI=1S/C28H35ClN4O/c1-2-24-28(34)31-25-13-8-20(18-26(25)30-24)19-27(21-9-11-22(29)12-10-21)33-16-14-32(15-17-33)23-6-4-3-5-7-23/h8-13,18,23,27H,2-7,14-17,19H2,1H3,(H,31,34). The second kappa shape index (κ2) is 10.6. The Morgan fingerprint density at radius 2 is 1.76 bits per heavy atom. The molecule has 1 N–H and O–H groups in total. The first-order valence-electron chi connectivity index (χ1n) is 12.9. The minimum Gasteiger partial charge on any atom is -0.319 e. The topological polar surface area (TPSA) is 52.2 Å². The molecule has 1 aliphatic carbocycles. The molecule has 6 heteroatoms. The summed E-state index contributed by atoms with van der Waals surface area (Å²) in [5.74, 6) is 0. The molecule has 5 nitrogen and oxygen atoms in total. The zero-order valence-electron chi connectivity index (χ0n) is 20.1. The van der Waals surface area contributed by atoms with Gasteiger partial charge in [-0.15, -0.1) is 0 Å². The fourth-order valence-corrected chi connectivity index (χ4v) is 5.88. The number of benzene rings is 2. The second-order valence-corrected chi connectivity index (χ2v) is 10.3. The van der Waals surface area contributed by atoms with Crippen LogP contribution in [-0.4, -0.2) is 52.0 Å². The number of hydrogen-bond acceptors (Lipinski definition) is 4. The summed E-state index contributed by atoms with van der Waals surface area (Å²) < 4.78 is 0. The van der Waals surface area contributed by atoms with Crippen LogP contribution in [0.4, 0.5) is 0 Å². The highest BCUT2D eigenvalue weighted by molar-refractivity contribution is 6.30. The van der Waals surface area contributed by atoms with Gasteiger partial charge in [-0.2, -0.15) is 0 Å². The molecule has 1 aromatic heterocycles. The van der Waals surface area contributed by atoms with Gasteiger partial charge in [0.15, 0.2) is 0 Å². The van der Waals surface area contributed by atoms with Gasteiger partial charge in [-0.25, -0.2) is 4.98 Å². The van der Waals surface area contributed by atoms with Crippen LogP contribution in [0.1, 0.15) is 61.9 Å². The van der Waals surface area contributed by atoms with Gasteiger partial charge in [0.2, 0.25) is 0 Å². The zero-order valence-corrected chi connectivity index (χ0v) is 20.9. The van der Waals surface area contributed by atoms with Gasteiger partial charge in [-0.3, -0.25) is 14.6 Å². The lowest BCUT2D eigenvalue weighted by Gasteiger charge is -2.43. The van der Waals surface area contributed by atoms with Crippen LogP contribution in [0.25, 0.3) is 11.0 Å². The summed E-state index contributed by atoms with van der Waals surface area (Å²) in [5, 5.41) is 0.774. The predicted molar refractivity (Wildman–Crippen MR) is 140 cm³/mol. The summed E-state index contributed by atoms with van der Waals surface area (Å²) in [4.78, 5) is 25.1. The van der Waals surface area contributed by atoms with Gasteiger partial charge in [-0.05, 0) is 61.1 Å². The van der Waals surface area contributed by atoms with Crippen molar-refractivity contribution >= 4 is 22.6 Å². The van der Waals surface area contributed by atoms with Crippen LogP contribution < -0.4 is 5.56 Å². The van der Waals surface area contributed by atoms with Crippen LogP contribution in [0.15, 0.2) is 47.3 Å². The number of fused-ring (bicyclic) bond motifs is 1. The van der Waals surface area contributed by atoms with Crippen molar-refractivity contribution in [1.82, 2.24) is 19.8 Å². The van der Waals surface area contributed by atoms with Crippen LogP contribution in [0.5, 0.6) is 0 Å². The molecule has 3 aromatic rings. The smallest absolute Gasteiger partial charge is 0.270 e. The Labute approximate surface area is 207 Å². The Morgan fingerprint density at radius 3 is 2.47 bits per heavy atom. The maximum absolute atomic E-state index is 12.1. The highest BCUT2D eigenvalue weighted by Gasteiger charge is 2.29. The van der Waals surface area contributed by atoms with E-state index in [0.717, 1.165) is 54.7 Å². The maximum Gasteiger partial charge on any atom is 0.270 e. The van der Waals surface area contributed by atoms with E-state index in [2.05, 4.69) is 44.0 Å². The van der Waals surface area contributed by atoms with Gasteiger partial charge >= 0.3 is 0 Å². The van der Waals surface area contributed by atoms with E-state index in [4.69, 9.17) is 11.6 Å². The number of piperazine rings is 1. The van der Waals surface area contributed by atoms with Crippen molar-refractivity contribution < 1.29 is 0 Å². The molecule has 0 radical (unpaired) electrons. The number of aryl methyl sites for hydroxylation is 1. The first-order valence-corrected chi connectivity index (χ1v) is 13.2. The van der Waals surface area contributed by atoms with Crippen molar-refractivity contribution in [2.75, 3.05) is 26.2 Å². The molecular weight excluding hydrogens is 444 g/mol. The molecule has 180 valence electrons. The third kappa shape index (κ3) is 5.22. The van der Waals surface area contributed by atoms with E-state index >= 15 is 0 Å². The molecule has 0 spiro atoms. The Morgan fingerprint density at radius 1 is 1.03 bits per heavy atom. The molecule has 2 aliphatic rings. The molecule has 0 amide bonds. The van der Waals surface area contributed by atoms with Gasteiger partial charge < -0.3 is 4.98 Å². The summed E-state index contributed by atoms with van der Waals surface area (Å²) in [7, 11) is 0. The van der Waals surface area contributed by atoms with Crippen LogP contribution in [0.3, 0.4) is 0 Å². The average Bonchev–Trinajstić information content (AvgIpc) is 2.88. The van der Waals surface area contributed by atoms with Crippen molar-refractivity contribution in [3.63, 3.8) is 0 Å². The van der Waals surface area contributed by atoms with E-state index in [-0.39, 0.29) is 11.6 Å². The van der Waals surface area contributed by atoms with Crippen LogP contribution in [0.2, 0.25) is 5.02 Å². The number of rotatable bonds is 6. The maximum atomic E-state index is 12.1. The summed E-state index contributed by atoms with van der Waals surface area (Å²) in [6.45, 7) is 6.44. The van der Waals surface area contributed by atoms with Crippen molar-refractivity contribution in [1.29, 1.82) is 0 Å². The molecule has 1 saturated carbocycles. The number of H-pyrrole nitrogens is 1. The summed E-state index contributed by atoms with van der Waals surface area (Å²) >= 11 is 6.22. The lowest BCUT2D eigenvalue weighted by Crippen LogP contribution is -2.51. The Kier molecular flexibility index (Phi) is 7.33. The van der Waals surface area contributed by atoms with E-state index in [0.29, 0.717) is 12.1 Å². The van der Waals surface area contributed by atoms with E-state index in [1.807, 2.05) is 25.1 Å². The van der Waals surface area contributed by atoms with Gasteiger partial charge in [0.1, 0.15) is 5.69 Å². The molecule has 34 heavy (non-hydrogen) atoms. The minimum absolute atomic E-state index is 0.0855. The molecule has 1 unspecified atom stereocenters. The third-order valence-electron chi connectivity index (χ3n) is 7.73. The number of nitrogens with zero attached hydrogens (tertiary/aromatic N) is 3. The van der Waals surface area contributed by atoms with Crippen LogP contribution >= 0.6 is 11.6 Å². The first-order chi connectivity index (χ1) is 16.6. The molecule has 1 atom stereocenters. The molecule has 1 aliphatic heterocycles. The lowest BCUT2D eigenvalue weighted by molar-refractivity contribution is 0.0560. The van der Waals surface area contributed by atoms with Crippen molar-refractivity contribution in [2.45, 2.75) is 64.0 Å². The number of hydrogen-bond donors (Lipinski definition) is 1. The fourth-order valence-electron chi connectivity index (χ4n) is 5.76. The van der Waals surface area contributed by atoms with E-state index in [1.54, 1.807) is 0 Å². The highest BCUT2D eigenvalue weighted by Crippen LogP contribution is 2.30. The Balaban J connectivity index is 1.38. The molecule has 5 rings (SSSR count). The SMILES string of the molecule is CCc1nc2cc(CC(c3ccc(Cl)cc3)N3CCN(C4CCCCC4)CC3)ccc2[nH]c1=O. The predicted octanol–water partition coefficient (Wildman–Crippen LogP) is 5.37. The molecular formula is C28H35ClN4O. The van der Waals surface area contributed by atoms with Gasteiger partial charge in [0.25, 0.3) is 5.56 Å².